The molecule has 2 aromatic carbocycles. The summed E-state index contributed by atoms with van der Waals surface area (Å²) in [4.78, 5) is 80.2. The molecule has 1 unspecified atom stereocenters. The molecule has 1 aliphatic carbocycles. The molecular formula is C43H45ClFN9O6. The maximum atomic E-state index is 15.5. The smallest absolute Gasteiger partial charge is 0.271 e. The van der Waals surface area contributed by atoms with Crippen molar-refractivity contribution in [3.8, 4) is 11.8 Å². The first kappa shape index (κ1) is 39.8. The summed E-state index contributed by atoms with van der Waals surface area (Å²) in [5.74, 6) is -1.93. The zero-order chi connectivity index (χ0) is 41.7. The van der Waals surface area contributed by atoms with Crippen LogP contribution in [0.1, 0.15) is 101 Å². The van der Waals surface area contributed by atoms with Crippen LogP contribution in [0.3, 0.4) is 0 Å². The number of halogens is 2. The molecule has 5 fully saturated rings. The van der Waals surface area contributed by atoms with E-state index in [9.17, 15) is 24.0 Å². The molecular weight excluding hydrogens is 793 g/mol. The minimum atomic E-state index is -1.10. The summed E-state index contributed by atoms with van der Waals surface area (Å²) in [6.07, 6.45) is 10.3. The number of aromatic nitrogens is 2. The Morgan fingerprint density at radius 3 is 2.27 bits per heavy atom. The fourth-order valence-electron chi connectivity index (χ4n) is 9.83. The van der Waals surface area contributed by atoms with Crippen molar-refractivity contribution in [2.45, 2.75) is 88.4 Å². The number of carbonyl (C=O) groups excluding carboxylic acids is 5. The van der Waals surface area contributed by atoms with Gasteiger partial charge in [0, 0.05) is 56.2 Å². The van der Waals surface area contributed by atoms with Gasteiger partial charge in [-0.3, -0.25) is 34.2 Å². The van der Waals surface area contributed by atoms with Gasteiger partial charge in [-0.25, -0.2) is 14.4 Å². The van der Waals surface area contributed by atoms with Gasteiger partial charge in [0.25, 0.3) is 17.7 Å². The van der Waals surface area contributed by atoms with Gasteiger partial charge in [0.15, 0.2) is 0 Å². The predicted molar refractivity (Wildman–Crippen MR) is 216 cm³/mol. The number of ether oxygens (including phenoxy) is 1. The number of fused-ring (bicyclic) bond motifs is 1. The third kappa shape index (κ3) is 7.64. The van der Waals surface area contributed by atoms with Gasteiger partial charge in [0.05, 0.1) is 45.9 Å². The van der Waals surface area contributed by atoms with Crippen LogP contribution >= 0.6 is 11.6 Å². The van der Waals surface area contributed by atoms with Crippen molar-refractivity contribution in [3.63, 3.8) is 0 Å². The Hall–Kier alpha value is -5.66. The van der Waals surface area contributed by atoms with E-state index in [4.69, 9.17) is 21.6 Å². The van der Waals surface area contributed by atoms with E-state index in [0.29, 0.717) is 35.5 Å². The molecule has 6 aliphatic rings. The van der Waals surface area contributed by atoms with E-state index in [0.717, 1.165) is 94.3 Å². The number of piperidine rings is 3. The highest BCUT2D eigenvalue weighted by atomic mass is 35.5. The lowest BCUT2D eigenvalue weighted by atomic mass is 9.71. The highest BCUT2D eigenvalue weighted by Gasteiger charge is 2.49. The first-order valence-corrected chi connectivity index (χ1v) is 21.1. The van der Waals surface area contributed by atoms with Crippen molar-refractivity contribution in [1.29, 1.82) is 5.26 Å². The third-order valence-electron chi connectivity index (χ3n) is 13.3. The zero-order valence-corrected chi connectivity index (χ0v) is 33.8. The third-order valence-corrected chi connectivity index (χ3v) is 13.6. The largest absolute Gasteiger partial charge is 0.490 e. The van der Waals surface area contributed by atoms with Crippen molar-refractivity contribution in [2.75, 3.05) is 49.1 Å². The number of nitrogens with zero attached hydrogens (tertiary/aromatic N) is 7. The topological polar surface area (TPSA) is 181 Å². The van der Waals surface area contributed by atoms with Crippen molar-refractivity contribution >= 4 is 52.6 Å². The van der Waals surface area contributed by atoms with Gasteiger partial charge in [0.1, 0.15) is 35.2 Å². The van der Waals surface area contributed by atoms with Crippen LogP contribution in [0.15, 0.2) is 42.7 Å². The SMILES string of the molecule is N#Cc1ccc(O[C@H]2CC[C@H](NC(=O)c3cnc(N4CCC(N5CCC6(CC5)CN(c5cc7c(cc5F)C(=O)N(C5CCC(=O)NC5=O)C7=O)C6)CC4)cn3)CC2)cc1Cl. The molecule has 0 radical (unpaired) electrons. The first-order chi connectivity index (χ1) is 29.0. The standard InChI is InChI=1S/C43H45ClFN9O6/c44-32-17-29(4-1-25(32)20-46)60-28-5-2-26(3-6-28)49-39(56)34-21-48-37(22-47-34)52-13-9-27(10-14-52)51-15-11-43(12-16-51)23-53(24-43)36-19-31-30(18-33(36)45)41(58)54(42(31)59)35-7-8-38(55)50-40(35)57/h1,4,17-19,21-22,26-28,35H,2-3,5-16,23-24H2,(H,49,56)(H,50,55,57)/t26-,28-,35?. The predicted octanol–water partition coefficient (Wildman–Crippen LogP) is 4.23. The number of imide groups is 2. The van der Waals surface area contributed by atoms with Gasteiger partial charge in [-0.05, 0) is 95.1 Å². The summed E-state index contributed by atoms with van der Waals surface area (Å²) in [5, 5.41) is 14.7. The summed E-state index contributed by atoms with van der Waals surface area (Å²) in [5.41, 5.74) is 1.07. The summed E-state index contributed by atoms with van der Waals surface area (Å²) >= 11 is 6.15. The van der Waals surface area contributed by atoms with Gasteiger partial charge in [-0.15, -0.1) is 0 Å². The second-order valence-corrected chi connectivity index (χ2v) is 17.4. The van der Waals surface area contributed by atoms with Crippen molar-refractivity contribution in [2.24, 2.45) is 5.41 Å². The summed E-state index contributed by atoms with van der Waals surface area (Å²) in [6.45, 7) is 4.88. The maximum Gasteiger partial charge on any atom is 0.271 e. The summed E-state index contributed by atoms with van der Waals surface area (Å²) < 4.78 is 21.5. The fourth-order valence-corrected chi connectivity index (χ4v) is 10.0. The van der Waals surface area contributed by atoms with Crippen LogP contribution in [0.4, 0.5) is 15.9 Å². The van der Waals surface area contributed by atoms with Gasteiger partial charge < -0.3 is 24.8 Å². The Morgan fingerprint density at radius 2 is 1.62 bits per heavy atom. The van der Waals surface area contributed by atoms with E-state index in [1.54, 1.807) is 30.6 Å². The summed E-state index contributed by atoms with van der Waals surface area (Å²) in [7, 11) is 0. The number of likely N-dealkylation sites (tertiary alicyclic amines) is 1. The highest BCUT2D eigenvalue weighted by molar-refractivity contribution is 6.31. The molecule has 1 spiro atoms. The maximum absolute atomic E-state index is 15.5. The molecule has 17 heteroatoms. The Kier molecular flexibility index (Phi) is 10.7. The van der Waals surface area contributed by atoms with Gasteiger partial charge >= 0.3 is 0 Å². The molecule has 6 heterocycles. The molecule has 3 aromatic rings. The minimum Gasteiger partial charge on any atom is -0.490 e. The van der Waals surface area contributed by atoms with E-state index in [1.807, 2.05) is 11.0 Å². The Labute approximate surface area is 351 Å². The molecule has 2 N–H and O–H groups in total. The number of hydrogen-bond donors (Lipinski definition) is 2. The lowest BCUT2D eigenvalue weighted by molar-refractivity contribution is -0.136. The fraction of sp³-hybridized carbons (Fsp3) is 0.488. The number of carbonyl (C=O) groups is 5. The second kappa shape index (κ2) is 16.1. The molecule has 1 atom stereocenters. The molecule has 15 nitrogen and oxygen atoms in total. The molecule has 1 aromatic heterocycles. The number of hydrogen-bond acceptors (Lipinski definition) is 12. The number of anilines is 2. The van der Waals surface area contributed by atoms with Crippen molar-refractivity contribution in [3.05, 3.63) is 75.9 Å². The number of amides is 5. The molecule has 60 heavy (non-hydrogen) atoms. The lowest BCUT2D eigenvalue weighted by Gasteiger charge is -2.56. The van der Waals surface area contributed by atoms with E-state index in [2.05, 4.69) is 30.4 Å². The highest BCUT2D eigenvalue weighted by Crippen LogP contribution is 2.45. The summed E-state index contributed by atoms with van der Waals surface area (Å²) in [6, 6.07) is 9.04. The lowest BCUT2D eigenvalue weighted by Crippen LogP contribution is -2.62. The van der Waals surface area contributed by atoms with Gasteiger partial charge in [-0.2, -0.15) is 5.26 Å². The molecule has 5 aliphatic heterocycles. The van der Waals surface area contributed by atoms with Crippen molar-refractivity contribution < 1.29 is 33.1 Å². The molecule has 312 valence electrons. The Morgan fingerprint density at radius 1 is 0.900 bits per heavy atom. The molecule has 1 saturated carbocycles. The van der Waals surface area contributed by atoms with Crippen LogP contribution in [-0.4, -0.2) is 113 Å². The Balaban J connectivity index is 0.709. The number of nitrogens with one attached hydrogen (secondary N) is 2. The minimum absolute atomic E-state index is 0.00943. The van der Waals surface area contributed by atoms with E-state index < -0.39 is 35.5 Å². The van der Waals surface area contributed by atoms with E-state index >= 15 is 4.39 Å². The normalized spacial score (nSPS) is 24.5. The molecule has 5 amide bonds. The van der Waals surface area contributed by atoms with E-state index in [1.165, 1.54) is 6.07 Å². The van der Waals surface area contributed by atoms with Crippen LogP contribution in [0.2, 0.25) is 5.02 Å². The van der Waals surface area contributed by atoms with Gasteiger partial charge in [-0.1, -0.05) is 11.6 Å². The van der Waals surface area contributed by atoms with Crippen molar-refractivity contribution in [1.82, 2.24) is 30.4 Å². The van der Waals surface area contributed by atoms with Crippen LogP contribution < -0.4 is 25.2 Å². The van der Waals surface area contributed by atoms with Crippen LogP contribution in [0.25, 0.3) is 0 Å². The number of benzene rings is 2. The van der Waals surface area contributed by atoms with Crippen LogP contribution in [-0.2, 0) is 9.59 Å². The average molecular weight is 838 g/mol. The second-order valence-electron chi connectivity index (χ2n) is 17.0. The number of nitriles is 1. The van der Waals surface area contributed by atoms with Crippen LogP contribution in [0, 0.1) is 22.6 Å². The molecule has 0 bridgehead atoms. The van der Waals surface area contributed by atoms with E-state index in [-0.39, 0.29) is 58.8 Å². The quantitative estimate of drug-likeness (QED) is 0.309. The number of rotatable bonds is 8. The molecule has 9 rings (SSSR count). The first-order valence-electron chi connectivity index (χ1n) is 20.8. The van der Waals surface area contributed by atoms with Gasteiger partial charge in [0.2, 0.25) is 11.8 Å². The zero-order valence-electron chi connectivity index (χ0n) is 33.0. The van der Waals surface area contributed by atoms with Crippen LogP contribution in [0.5, 0.6) is 5.75 Å². The molecule has 4 saturated heterocycles. The monoisotopic (exact) mass is 837 g/mol. The Bertz CT molecular complexity index is 2270. The average Bonchev–Trinajstić information content (AvgIpc) is 3.47.